The summed E-state index contributed by atoms with van der Waals surface area (Å²) in [7, 11) is -2.93. The van der Waals surface area contributed by atoms with Crippen molar-refractivity contribution in [2.24, 2.45) is 9.81 Å². The summed E-state index contributed by atoms with van der Waals surface area (Å²) < 4.78 is 57.6. The van der Waals surface area contributed by atoms with Gasteiger partial charge in [0.25, 0.3) is 5.91 Å². The molecule has 7 nitrogen and oxygen atoms in total. The molecule has 6 rings (SSSR count). The van der Waals surface area contributed by atoms with E-state index in [0.717, 1.165) is 36.4 Å². The van der Waals surface area contributed by atoms with Crippen molar-refractivity contribution in [2.45, 2.75) is 44.1 Å². The van der Waals surface area contributed by atoms with Gasteiger partial charge in [-0.15, -0.1) is 4.40 Å². The monoisotopic (exact) mass is 441 g/mol. The normalized spacial score (nSPS) is 32.6. The fourth-order valence-corrected chi connectivity index (χ4v) is 6.18. The number of rotatable bonds is 4. The Kier molecular flexibility index (Phi) is 4.53. The van der Waals surface area contributed by atoms with E-state index in [-0.39, 0.29) is 17.7 Å². The van der Waals surface area contributed by atoms with E-state index in [2.05, 4.69) is 9.30 Å². The number of ether oxygens (including phenoxy) is 1. The largest absolute Gasteiger partial charge is 0.493 e. The number of halogens is 2. The summed E-state index contributed by atoms with van der Waals surface area (Å²) in [5.41, 5.74) is 0.0856. The average Bonchev–Trinajstić information content (AvgIpc) is 3.00. The molecule has 1 saturated carbocycles. The van der Waals surface area contributed by atoms with Crippen LogP contribution in [0.5, 0.6) is 5.75 Å². The van der Waals surface area contributed by atoms with Crippen LogP contribution in [-0.4, -0.2) is 63.2 Å². The lowest BCUT2D eigenvalue weighted by molar-refractivity contribution is -0.137. The molecule has 30 heavy (non-hydrogen) atoms. The number of alkyl halides is 2. The van der Waals surface area contributed by atoms with Crippen LogP contribution in [0.15, 0.2) is 28.7 Å². The molecule has 2 N–H and O–H groups in total. The minimum absolute atomic E-state index is 0.00161. The van der Waals surface area contributed by atoms with Gasteiger partial charge in [-0.3, -0.25) is 13.9 Å². The fourth-order valence-electron chi connectivity index (χ4n) is 5.07. The first kappa shape index (κ1) is 20.0. The Morgan fingerprint density at radius 2 is 1.83 bits per heavy atom. The SMILES string of the molecule is O=C1N(c2ccc(OCC34CCC(CC3)N3CCS(O)(O)N=C34)cc2)CCC1(F)F. The zero-order valence-electron chi connectivity index (χ0n) is 16.5. The Labute approximate surface area is 175 Å². The molecule has 4 heterocycles. The van der Waals surface area contributed by atoms with Crippen molar-refractivity contribution in [1.29, 1.82) is 0 Å². The van der Waals surface area contributed by atoms with Crippen molar-refractivity contribution >= 4 is 28.2 Å². The number of carbonyl (C=O) groups is 1. The van der Waals surface area contributed by atoms with Gasteiger partial charge in [-0.2, -0.15) is 8.78 Å². The molecule has 0 radical (unpaired) electrons. The van der Waals surface area contributed by atoms with E-state index in [1.807, 2.05) is 0 Å². The summed E-state index contributed by atoms with van der Waals surface area (Å²) >= 11 is 0. The van der Waals surface area contributed by atoms with Crippen molar-refractivity contribution in [1.82, 2.24) is 4.90 Å². The Morgan fingerprint density at radius 3 is 2.47 bits per heavy atom. The Balaban J connectivity index is 1.31. The maximum atomic E-state index is 13.5. The maximum Gasteiger partial charge on any atom is 0.326 e. The molecule has 0 atom stereocenters. The number of hydrogen-bond acceptors (Lipinski definition) is 6. The van der Waals surface area contributed by atoms with E-state index in [1.54, 1.807) is 24.3 Å². The van der Waals surface area contributed by atoms with E-state index >= 15 is 0 Å². The molecule has 4 fully saturated rings. The number of anilines is 1. The molecule has 1 aliphatic carbocycles. The fraction of sp³-hybridized carbons (Fsp3) is 0.600. The van der Waals surface area contributed by atoms with Crippen LogP contribution < -0.4 is 9.64 Å². The smallest absolute Gasteiger partial charge is 0.326 e. The number of fused-ring (bicyclic) bond motifs is 2. The van der Waals surface area contributed by atoms with Gasteiger partial charge in [0.05, 0.1) is 11.2 Å². The van der Waals surface area contributed by atoms with Crippen molar-refractivity contribution in [3.8, 4) is 5.75 Å². The molecule has 2 bridgehead atoms. The summed E-state index contributed by atoms with van der Waals surface area (Å²) in [6.45, 7) is 0.972. The Morgan fingerprint density at radius 1 is 1.13 bits per heavy atom. The number of amidine groups is 1. The second-order valence-corrected chi connectivity index (χ2v) is 10.5. The average molecular weight is 442 g/mol. The molecule has 0 spiro atoms. The van der Waals surface area contributed by atoms with Gasteiger partial charge >= 0.3 is 5.92 Å². The van der Waals surface area contributed by atoms with Crippen LogP contribution in [0.4, 0.5) is 14.5 Å². The zero-order valence-corrected chi connectivity index (χ0v) is 17.3. The predicted molar refractivity (Wildman–Crippen MR) is 110 cm³/mol. The summed E-state index contributed by atoms with van der Waals surface area (Å²) in [6.07, 6.45) is 3.37. The first-order valence-corrected chi connectivity index (χ1v) is 11.9. The molecular weight excluding hydrogens is 416 g/mol. The minimum atomic E-state index is -3.29. The maximum absolute atomic E-state index is 13.5. The number of nitrogens with zero attached hydrogens (tertiary/aromatic N) is 3. The van der Waals surface area contributed by atoms with Crippen LogP contribution >= 0.6 is 10.8 Å². The van der Waals surface area contributed by atoms with Crippen LogP contribution in [0.1, 0.15) is 32.1 Å². The van der Waals surface area contributed by atoms with Crippen LogP contribution in [-0.2, 0) is 4.79 Å². The standard InChI is InChI=1S/C20H25F2N3O4S/c21-20(22)9-10-25(18(20)26)14-1-3-16(4-2-14)29-13-19-7-5-15(6-8-19)24-11-12-30(27,28)23-17(19)24/h1-4,15,27-28H,5-13H2. The van der Waals surface area contributed by atoms with E-state index in [1.165, 1.54) is 0 Å². The molecular formula is C20H25F2N3O4S. The Hall–Kier alpha value is -1.91. The molecule has 0 unspecified atom stereocenters. The first-order valence-electron chi connectivity index (χ1n) is 10.2. The number of benzene rings is 1. The quantitative estimate of drug-likeness (QED) is 0.743. The van der Waals surface area contributed by atoms with Gasteiger partial charge in [-0.1, -0.05) is 10.8 Å². The van der Waals surface area contributed by atoms with E-state index in [0.29, 0.717) is 30.6 Å². The second-order valence-electron chi connectivity index (χ2n) is 8.65. The van der Waals surface area contributed by atoms with Gasteiger partial charge in [0.15, 0.2) is 0 Å². The number of amides is 1. The molecule has 1 aromatic carbocycles. The predicted octanol–water partition coefficient (Wildman–Crippen LogP) is 3.76. The van der Waals surface area contributed by atoms with E-state index in [4.69, 9.17) is 4.74 Å². The molecule has 1 amide bonds. The molecule has 5 aliphatic rings. The Bertz CT molecular complexity index is 885. The van der Waals surface area contributed by atoms with Gasteiger partial charge in [-0.05, 0) is 49.9 Å². The summed E-state index contributed by atoms with van der Waals surface area (Å²) in [5, 5.41) is 0. The van der Waals surface area contributed by atoms with Gasteiger partial charge < -0.3 is 14.5 Å². The highest BCUT2D eigenvalue weighted by atomic mass is 32.3. The number of hydrogen-bond donors (Lipinski definition) is 2. The summed E-state index contributed by atoms with van der Waals surface area (Å²) in [6, 6.07) is 7.00. The molecule has 10 heteroatoms. The van der Waals surface area contributed by atoms with Crippen molar-refractivity contribution in [3.63, 3.8) is 0 Å². The first-order chi connectivity index (χ1) is 14.2. The minimum Gasteiger partial charge on any atom is -0.493 e. The lowest BCUT2D eigenvalue weighted by Crippen LogP contribution is -2.62. The third-order valence-electron chi connectivity index (χ3n) is 6.81. The number of piperidine rings is 2. The van der Waals surface area contributed by atoms with Crippen LogP contribution in [0.3, 0.4) is 0 Å². The molecule has 0 aromatic heterocycles. The third-order valence-corrected chi connectivity index (χ3v) is 8.00. The highest BCUT2D eigenvalue weighted by Crippen LogP contribution is 2.53. The van der Waals surface area contributed by atoms with Gasteiger partial charge in [-0.25, -0.2) is 0 Å². The van der Waals surface area contributed by atoms with Gasteiger partial charge in [0.1, 0.15) is 18.2 Å². The summed E-state index contributed by atoms with van der Waals surface area (Å²) in [5.74, 6) is -2.84. The van der Waals surface area contributed by atoms with Crippen LogP contribution in [0, 0.1) is 5.41 Å². The lowest BCUT2D eigenvalue weighted by Gasteiger charge is -2.56. The molecule has 4 aliphatic heterocycles. The highest BCUT2D eigenvalue weighted by Gasteiger charge is 2.52. The third kappa shape index (κ3) is 3.25. The van der Waals surface area contributed by atoms with E-state index < -0.39 is 29.0 Å². The van der Waals surface area contributed by atoms with Crippen molar-refractivity contribution < 1.29 is 27.4 Å². The van der Waals surface area contributed by atoms with E-state index in [9.17, 15) is 22.7 Å². The van der Waals surface area contributed by atoms with Crippen LogP contribution in [0.2, 0.25) is 0 Å². The van der Waals surface area contributed by atoms with Crippen molar-refractivity contribution in [2.75, 3.05) is 30.3 Å². The number of carbonyl (C=O) groups excluding carboxylic acids is 1. The zero-order chi connectivity index (χ0) is 21.1. The molecule has 164 valence electrons. The molecule has 1 aromatic rings. The highest BCUT2D eigenvalue weighted by molar-refractivity contribution is 8.23. The van der Waals surface area contributed by atoms with Gasteiger partial charge in [0, 0.05) is 31.2 Å². The second kappa shape index (κ2) is 6.80. The lowest BCUT2D eigenvalue weighted by atomic mass is 9.67. The molecule has 3 saturated heterocycles. The topological polar surface area (TPSA) is 85.6 Å². The van der Waals surface area contributed by atoms with Crippen LogP contribution in [0.25, 0.3) is 0 Å². The summed E-state index contributed by atoms with van der Waals surface area (Å²) in [4.78, 5) is 15.1. The van der Waals surface area contributed by atoms with Crippen molar-refractivity contribution in [3.05, 3.63) is 24.3 Å². The van der Waals surface area contributed by atoms with Gasteiger partial charge in [0.2, 0.25) is 0 Å².